The molecule has 0 atom stereocenters. The van der Waals surface area contributed by atoms with E-state index in [1.54, 1.807) is 0 Å². The third kappa shape index (κ3) is 5.01. The summed E-state index contributed by atoms with van der Waals surface area (Å²) in [6.45, 7) is 0. The van der Waals surface area contributed by atoms with Gasteiger partial charge in [0.15, 0.2) is 0 Å². The average Bonchev–Trinajstić information content (AvgIpc) is 3.39. The molecule has 4 rings (SSSR count). The minimum absolute atomic E-state index is 1.23. The molecular weight excluding hydrogens is 509 g/mol. The smallest absolute Gasteiger partial charge is 0.0632 e. The van der Waals surface area contributed by atoms with Crippen LogP contribution in [0.25, 0.3) is 11.1 Å². The Balaban J connectivity index is 0.000000415. The second kappa shape index (κ2) is 9.08. The number of hydrogen-bond acceptors (Lipinski definition) is 0. The van der Waals surface area contributed by atoms with Gasteiger partial charge in [-0.25, -0.2) is 0 Å². The van der Waals surface area contributed by atoms with Crippen LogP contribution < -0.4 is 0 Å². The topological polar surface area (TPSA) is 0 Å². The molecule has 0 radical (unpaired) electrons. The maximum atomic E-state index is 5.07. The number of benzene rings is 3. The van der Waals surface area contributed by atoms with Crippen LogP contribution in [0.5, 0.6) is 0 Å². The predicted octanol–water partition coefficient (Wildman–Crippen LogP) is 7.46. The van der Waals surface area contributed by atoms with Gasteiger partial charge in [0.1, 0.15) is 0 Å². The van der Waals surface area contributed by atoms with Crippen molar-refractivity contribution in [1.29, 1.82) is 0 Å². The summed E-state index contributed by atoms with van der Waals surface area (Å²) < 4.78 is 0. The fourth-order valence-corrected chi connectivity index (χ4v) is 2.87. The minimum Gasteiger partial charge on any atom is -0.125 e. The molecule has 0 saturated heterocycles. The second-order valence-electron chi connectivity index (χ2n) is 5.36. The Hall–Kier alpha value is -1.01. The number of halogens is 3. The summed E-state index contributed by atoms with van der Waals surface area (Å²) in [7, 11) is 10.1. The van der Waals surface area contributed by atoms with Crippen LogP contribution in [0, 0.1) is 5.92 Å². The second-order valence-corrected chi connectivity index (χ2v) is 16.0. The van der Waals surface area contributed by atoms with Gasteiger partial charge >= 0.3 is 45.2 Å². The van der Waals surface area contributed by atoms with E-state index in [1.165, 1.54) is 33.8 Å². The van der Waals surface area contributed by atoms with E-state index in [-0.39, 0.29) is 0 Å². The first kappa shape index (κ1) is 18.8. The van der Waals surface area contributed by atoms with Gasteiger partial charge in [-0.1, -0.05) is 95.6 Å². The van der Waals surface area contributed by atoms with E-state index in [1.807, 2.05) is 0 Å². The molecule has 0 N–H and O–H groups in total. The van der Waals surface area contributed by atoms with E-state index < -0.39 is 12.7 Å². The van der Waals surface area contributed by atoms with Crippen molar-refractivity contribution in [3.63, 3.8) is 0 Å². The van der Waals surface area contributed by atoms with E-state index >= 15 is 0 Å². The van der Waals surface area contributed by atoms with Crippen molar-refractivity contribution in [3.05, 3.63) is 114 Å². The summed E-state index contributed by atoms with van der Waals surface area (Å²) in [6, 6.07) is 31.9. The van der Waals surface area contributed by atoms with Gasteiger partial charge in [0, 0.05) is 0 Å². The van der Waals surface area contributed by atoms with Crippen LogP contribution in [0.2, 0.25) is 0 Å². The molecular formula is C21H15BrCl2Pd-. The predicted molar refractivity (Wildman–Crippen MR) is 109 cm³/mol. The van der Waals surface area contributed by atoms with Crippen LogP contribution in [0.3, 0.4) is 0 Å². The van der Waals surface area contributed by atoms with Crippen molar-refractivity contribution in [2.45, 2.75) is 0 Å². The largest absolute Gasteiger partial charge is 0.125 e. The summed E-state index contributed by atoms with van der Waals surface area (Å²) in [5.41, 5.74) is 6.67. The Morgan fingerprint density at radius 1 is 0.600 bits per heavy atom. The summed E-state index contributed by atoms with van der Waals surface area (Å²) >= 11 is 1.69. The van der Waals surface area contributed by atoms with Crippen molar-refractivity contribution < 1.29 is 12.7 Å². The van der Waals surface area contributed by atoms with Crippen molar-refractivity contribution in [1.82, 2.24) is 0 Å². The normalized spacial score (nSPS) is 13.1. The van der Waals surface area contributed by atoms with Crippen LogP contribution in [0.4, 0.5) is 0 Å². The molecule has 4 heteroatoms. The van der Waals surface area contributed by atoms with Gasteiger partial charge in [-0.05, 0) is 0 Å². The van der Waals surface area contributed by atoms with Crippen molar-refractivity contribution in [2.75, 3.05) is 0 Å². The summed E-state index contributed by atoms with van der Waals surface area (Å²) in [5, 5.41) is 0. The quantitative estimate of drug-likeness (QED) is 0.247. The zero-order valence-electron chi connectivity index (χ0n) is 13.1. The molecule has 0 bridgehead atoms. The van der Waals surface area contributed by atoms with Gasteiger partial charge in [0.25, 0.3) is 0 Å². The molecule has 0 heterocycles. The molecule has 3 aromatic rings. The fraction of sp³-hybridized carbons (Fsp3) is 0. The molecule has 1 aliphatic carbocycles. The third-order valence-electron chi connectivity index (χ3n) is 3.87. The minimum atomic E-state index is -1.23. The zero-order chi connectivity index (χ0) is 17.6. The molecule has 0 saturated carbocycles. The SMILES string of the molecule is [Cl][Pd]([Cl])[Br].c1ccc(C2=C(c3ccccc3)[C-]2c2ccccc2)cc1. The summed E-state index contributed by atoms with van der Waals surface area (Å²) in [4.78, 5) is 0. The van der Waals surface area contributed by atoms with Gasteiger partial charge in [0.05, 0.1) is 0 Å². The molecule has 0 aromatic heterocycles. The zero-order valence-corrected chi connectivity index (χ0v) is 17.8. The summed E-state index contributed by atoms with van der Waals surface area (Å²) in [5.74, 6) is 1.38. The maximum Gasteiger partial charge on any atom is -0.0632 e. The van der Waals surface area contributed by atoms with E-state index in [2.05, 4.69) is 104 Å². The standard InChI is InChI=1S/C21H15.BrH.2ClH.Pd/c1-4-10-16(11-5-1)19-20(17-12-6-2-7-13-17)21(19)18-14-8-3-9-15-18;;;;/h1-15H;3*1H;/q-1;;;;+3/p-3. The van der Waals surface area contributed by atoms with E-state index in [0.717, 1.165) is 0 Å². The van der Waals surface area contributed by atoms with Crippen molar-refractivity contribution in [3.8, 4) is 0 Å². The van der Waals surface area contributed by atoms with Gasteiger partial charge < -0.3 is 0 Å². The Kier molecular flexibility index (Phi) is 6.82. The van der Waals surface area contributed by atoms with Gasteiger partial charge in [-0.2, -0.15) is 0 Å². The van der Waals surface area contributed by atoms with Gasteiger partial charge in [-0.15, -0.1) is 29.2 Å². The molecule has 0 amide bonds. The van der Waals surface area contributed by atoms with Crippen LogP contribution in [-0.4, -0.2) is 0 Å². The molecule has 0 fully saturated rings. The van der Waals surface area contributed by atoms with Gasteiger partial charge in [-0.3, -0.25) is 0 Å². The number of rotatable bonds is 3. The molecule has 131 valence electrons. The molecule has 0 nitrogen and oxygen atoms in total. The van der Waals surface area contributed by atoms with Crippen LogP contribution in [-0.2, 0) is 12.7 Å². The van der Waals surface area contributed by atoms with Crippen molar-refractivity contribution >= 4 is 43.6 Å². The fourth-order valence-electron chi connectivity index (χ4n) is 2.87. The first-order chi connectivity index (χ1) is 12.2. The Labute approximate surface area is 169 Å². The third-order valence-corrected chi connectivity index (χ3v) is 3.87. The molecule has 0 aliphatic heterocycles. The van der Waals surface area contributed by atoms with Crippen LogP contribution in [0.15, 0.2) is 91.0 Å². The maximum absolute atomic E-state index is 5.07. The van der Waals surface area contributed by atoms with Gasteiger partial charge in [0.2, 0.25) is 0 Å². The molecule has 25 heavy (non-hydrogen) atoms. The Morgan fingerprint density at radius 2 is 0.920 bits per heavy atom. The summed E-state index contributed by atoms with van der Waals surface area (Å²) in [6.07, 6.45) is 0. The molecule has 0 spiro atoms. The first-order valence-corrected chi connectivity index (χ1v) is 15.1. The molecule has 0 unspecified atom stereocenters. The van der Waals surface area contributed by atoms with E-state index in [0.29, 0.717) is 0 Å². The molecule has 3 aromatic carbocycles. The monoisotopic (exact) mass is 522 g/mol. The Bertz CT molecular complexity index is 781. The Morgan fingerprint density at radius 3 is 1.28 bits per heavy atom. The molecule has 1 aliphatic rings. The van der Waals surface area contributed by atoms with E-state index in [9.17, 15) is 0 Å². The number of allylic oxidation sites excluding steroid dienone is 2. The number of hydrogen-bond donors (Lipinski definition) is 0. The first-order valence-electron chi connectivity index (χ1n) is 7.59. The van der Waals surface area contributed by atoms with E-state index in [4.69, 9.17) is 19.1 Å². The average molecular weight is 525 g/mol. The van der Waals surface area contributed by atoms with Crippen molar-refractivity contribution in [2.24, 2.45) is 0 Å². The van der Waals surface area contributed by atoms with Crippen LogP contribution in [0.1, 0.15) is 16.7 Å². The van der Waals surface area contributed by atoms with Crippen LogP contribution >= 0.6 is 32.5 Å².